The maximum atomic E-state index is 9.89. The van der Waals surface area contributed by atoms with Crippen LogP contribution in [0.1, 0.15) is 5.56 Å². The Morgan fingerprint density at radius 1 is 1.16 bits per heavy atom. The molecular weight excluding hydrogens is 248 g/mol. The lowest BCUT2D eigenvalue weighted by atomic mass is 10.1. The summed E-state index contributed by atoms with van der Waals surface area (Å²) in [5.41, 5.74) is 0.876. The van der Waals surface area contributed by atoms with E-state index in [2.05, 4.69) is 0 Å². The summed E-state index contributed by atoms with van der Waals surface area (Å²) in [4.78, 5) is 0. The molecule has 2 N–H and O–H groups in total. The first-order valence-electron chi connectivity index (χ1n) is 6.01. The first-order chi connectivity index (χ1) is 9.25. The van der Waals surface area contributed by atoms with Crippen molar-refractivity contribution in [2.45, 2.75) is 12.2 Å². The van der Waals surface area contributed by atoms with E-state index in [-0.39, 0.29) is 24.1 Å². The molecule has 2 heterocycles. The highest BCUT2D eigenvalue weighted by Gasteiger charge is 2.40. The molecule has 0 amide bonds. The van der Waals surface area contributed by atoms with Crippen LogP contribution in [0, 0.1) is 0 Å². The molecule has 1 aromatic rings. The second-order valence-electron chi connectivity index (χ2n) is 4.39. The average molecular weight is 262 g/mol. The Morgan fingerprint density at radius 2 is 1.95 bits per heavy atom. The summed E-state index contributed by atoms with van der Waals surface area (Å²) in [6, 6.07) is 9.42. The zero-order valence-electron chi connectivity index (χ0n) is 10.2. The number of hydrogen-bond acceptors (Lipinski definition) is 5. The molecule has 100 valence electrons. The van der Waals surface area contributed by atoms with Crippen molar-refractivity contribution in [3.63, 3.8) is 0 Å². The Labute approximate surface area is 110 Å². The van der Waals surface area contributed by atoms with E-state index in [1.54, 1.807) is 6.08 Å². The maximum Gasteiger partial charge on any atom is 0.200 e. The fourth-order valence-electron chi connectivity index (χ4n) is 2.09. The van der Waals surface area contributed by atoms with E-state index in [1.807, 2.05) is 30.3 Å². The molecule has 1 unspecified atom stereocenters. The molecule has 2 aliphatic rings. The highest BCUT2D eigenvalue weighted by molar-refractivity contribution is 5.56. The van der Waals surface area contributed by atoms with E-state index in [1.165, 1.54) is 0 Å². The molecular formula is C14H14O5. The first kappa shape index (κ1) is 12.1. The Hall–Kier alpha value is -1.98. The number of ether oxygens (including phenoxy) is 3. The molecule has 0 aliphatic carbocycles. The van der Waals surface area contributed by atoms with Gasteiger partial charge in [-0.2, -0.15) is 0 Å². The van der Waals surface area contributed by atoms with Gasteiger partial charge in [-0.15, -0.1) is 0 Å². The fourth-order valence-corrected chi connectivity index (χ4v) is 2.09. The molecule has 2 aliphatic heterocycles. The SMILES string of the molecule is OC1=C(O)C([C@@H]2COCO2)O/C1=C/c1ccccc1. The molecule has 0 radical (unpaired) electrons. The van der Waals surface area contributed by atoms with Gasteiger partial charge in [0.2, 0.25) is 0 Å². The molecule has 3 rings (SSSR count). The van der Waals surface area contributed by atoms with Crippen molar-refractivity contribution in [1.82, 2.24) is 0 Å². The van der Waals surface area contributed by atoms with Crippen molar-refractivity contribution in [3.05, 3.63) is 53.2 Å². The van der Waals surface area contributed by atoms with Crippen LogP contribution in [0.15, 0.2) is 47.6 Å². The largest absolute Gasteiger partial charge is 0.505 e. The van der Waals surface area contributed by atoms with E-state index in [9.17, 15) is 10.2 Å². The summed E-state index contributed by atoms with van der Waals surface area (Å²) in [6.45, 7) is 0.511. The zero-order chi connectivity index (χ0) is 13.2. The van der Waals surface area contributed by atoms with E-state index in [0.717, 1.165) is 5.56 Å². The molecule has 0 bridgehead atoms. The fraction of sp³-hybridized carbons (Fsp3) is 0.286. The van der Waals surface area contributed by atoms with Gasteiger partial charge in [-0.3, -0.25) is 0 Å². The highest BCUT2D eigenvalue weighted by atomic mass is 16.7. The second kappa shape index (κ2) is 4.95. The second-order valence-corrected chi connectivity index (χ2v) is 4.39. The predicted octanol–water partition coefficient (Wildman–Crippen LogP) is 2.13. The summed E-state index contributed by atoms with van der Waals surface area (Å²) < 4.78 is 15.9. The lowest BCUT2D eigenvalue weighted by molar-refractivity contribution is -0.0116. The van der Waals surface area contributed by atoms with E-state index in [0.29, 0.717) is 6.61 Å². The minimum Gasteiger partial charge on any atom is -0.505 e. The van der Waals surface area contributed by atoms with Crippen molar-refractivity contribution in [2.75, 3.05) is 13.4 Å². The molecule has 5 nitrogen and oxygen atoms in total. The summed E-state index contributed by atoms with van der Waals surface area (Å²) in [7, 11) is 0. The maximum absolute atomic E-state index is 9.89. The smallest absolute Gasteiger partial charge is 0.200 e. The number of benzene rings is 1. The van der Waals surface area contributed by atoms with Crippen LogP contribution in [-0.4, -0.2) is 35.8 Å². The monoisotopic (exact) mass is 262 g/mol. The van der Waals surface area contributed by atoms with Crippen LogP contribution in [0.3, 0.4) is 0 Å². The molecule has 1 aromatic carbocycles. The normalized spacial score (nSPS) is 28.9. The summed E-state index contributed by atoms with van der Waals surface area (Å²) in [6.07, 6.45) is 0.558. The molecule has 0 aromatic heterocycles. The van der Waals surface area contributed by atoms with Gasteiger partial charge < -0.3 is 24.4 Å². The number of rotatable bonds is 2. The summed E-state index contributed by atoms with van der Waals surface area (Å²) >= 11 is 0. The number of aliphatic hydroxyl groups excluding tert-OH is 2. The van der Waals surface area contributed by atoms with Crippen LogP contribution in [0.2, 0.25) is 0 Å². The predicted molar refractivity (Wildman–Crippen MR) is 67.3 cm³/mol. The number of aliphatic hydroxyl groups is 2. The molecule has 1 fully saturated rings. The molecule has 19 heavy (non-hydrogen) atoms. The average Bonchev–Trinajstić information content (AvgIpc) is 3.04. The van der Waals surface area contributed by atoms with Gasteiger partial charge in [0, 0.05) is 0 Å². The van der Waals surface area contributed by atoms with Crippen LogP contribution < -0.4 is 0 Å². The Balaban J connectivity index is 1.84. The van der Waals surface area contributed by atoms with Gasteiger partial charge in [-0.05, 0) is 11.6 Å². The topological polar surface area (TPSA) is 68.2 Å². The first-order valence-corrected chi connectivity index (χ1v) is 6.01. The van der Waals surface area contributed by atoms with Crippen LogP contribution in [0.4, 0.5) is 0 Å². The van der Waals surface area contributed by atoms with Crippen LogP contribution in [0.5, 0.6) is 0 Å². The van der Waals surface area contributed by atoms with Gasteiger partial charge in [0.1, 0.15) is 12.9 Å². The van der Waals surface area contributed by atoms with E-state index >= 15 is 0 Å². The zero-order valence-corrected chi connectivity index (χ0v) is 10.2. The Morgan fingerprint density at radius 3 is 2.63 bits per heavy atom. The van der Waals surface area contributed by atoms with Crippen molar-refractivity contribution < 1.29 is 24.4 Å². The quantitative estimate of drug-likeness (QED) is 0.854. The van der Waals surface area contributed by atoms with Gasteiger partial charge in [-0.1, -0.05) is 30.3 Å². The third kappa shape index (κ3) is 2.30. The van der Waals surface area contributed by atoms with Gasteiger partial charge in [-0.25, -0.2) is 0 Å². The van der Waals surface area contributed by atoms with Crippen LogP contribution in [-0.2, 0) is 14.2 Å². The molecule has 0 spiro atoms. The van der Waals surface area contributed by atoms with Gasteiger partial charge in [0.05, 0.1) is 6.61 Å². The van der Waals surface area contributed by atoms with Crippen LogP contribution >= 0.6 is 0 Å². The van der Waals surface area contributed by atoms with Gasteiger partial charge >= 0.3 is 0 Å². The third-order valence-corrected chi connectivity index (χ3v) is 3.08. The third-order valence-electron chi connectivity index (χ3n) is 3.08. The lowest BCUT2D eigenvalue weighted by Crippen LogP contribution is -2.29. The van der Waals surface area contributed by atoms with Crippen molar-refractivity contribution in [2.24, 2.45) is 0 Å². The lowest BCUT2D eigenvalue weighted by Gasteiger charge is -2.16. The van der Waals surface area contributed by atoms with Gasteiger partial charge in [0.15, 0.2) is 23.4 Å². The van der Waals surface area contributed by atoms with Gasteiger partial charge in [0.25, 0.3) is 0 Å². The Kier molecular flexibility index (Phi) is 3.15. The van der Waals surface area contributed by atoms with E-state index in [4.69, 9.17) is 14.2 Å². The van der Waals surface area contributed by atoms with Crippen LogP contribution in [0.25, 0.3) is 6.08 Å². The van der Waals surface area contributed by atoms with E-state index < -0.39 is 12.2 Å². The molecule has 5 heteroatoms. The number of hydrogen-bond donors (Lipinski definition) is 2. The standard InChI is InChI=1S/C14H14O5/c15-12-10(6-9-4-2-1-3-5-9)19-14(13(12)16)11-7-17-8-18-11/h1-6,11,14-16H,7-8H2/b10-6+/t11-,14?/m0/s1. The summed E-state index contributed by atoms with van der Waals surface area (Å²) in [5.74, 6) is -0.216. The molecule has 0 saturated carbocycles. The minimum atomic E-state index is -0.711. The van der Waals surface area contributed by atoms with Crippen molar-refractivity contribution >= 4 is 6.08 Å². The highest BCUT2D eigenvalue weighted by Crippen LogP contribution is 2.32. The van der Waals surface area contributed by atoms with Crippen molar-refractivity contribution in [1.29, 1.82) is 0 Å². The molecule has 2 atom stereocenters. The summed E-state index contributed by atoms with van der Waals surface area (Å²) in [5, 5.41) is 19.8. The van der Waals surface area contributed by atoms with Crippen molar-refractivity contribution in [3.8, 4) is 0 Å². The Bertz CT molecular complexity index is 514. The minimum absolute atomic E-state index is 0.177. The molecule has 1 saturated heterocycles.